The van der Waals surface area contributed by atoms with E-state index >= 15 is 0 Å². The first kappa shape index (κ1) is 12.4. The third-order valence-electron chi connectivity index (χ3n) is 1.72. The molecule has 1 rings (SSSR count). The summed E-state index contributed by atoms with van der Waals surface area (Å²) < 4.78 is 0.169. The predicted octanol–water partition coefficient (Wildman–Crippen LogP) is -0.330. The van der Waals surface area contributed by atoms with Crippen LogP contribution in [0.1, 0.15) is 0 Å². The van der Waals surface area contributed by atoms with Crippen LogP contribution in [0.15, 0.2) is 12.1 Å². The average Bonchev–Trinajstić information content (AvgIpc) is 2.15. The van der Waals surface area contributed by atoms with Gasteiger partial charge in [-0.25, -0.2) is 0 Å². The Morgan fingerprint density at radius 1 is 0.875 bits per heavy atom. The summed E-state index contributed by atoms with van der Waals surface area (Å²) in [7, 11) is 0. The van der Waals surface area contributed by atoms with Crippen LogP contribution in [0.5, 0.6) is 0 Å². The van der Waals surface area contributed by atoms with Gasteiger partial charge in [0.25, 0.3) is 0 Å². The molecule has 1 aromatic carbocycles. The average molecular weight is 423 g/mol. The minimum atomic E-state index is -1.10. The summed E-state index contributed by atoms with van der Waals surface area (Å²) in [6.45, 7) is 0. The third-order valence-corrected chi connectivity index (χ3v) is 3.53. The molecule has 0 aliphatic carbocycles. The van der Waals surface area contributed by atoms with Crippen LogP contribution in [0.3, 0.4) is 0 Å². The number of nitro benzene ring substituents is 3. The molecule has 0 N–H and O–H groups in total. The van der Waals surface area contributed by atoms with Crippen LogP contribution < -0.4 is 3.27 Å². The summed E-state index contributed by atoms with van der Waals surface area (Å²) in [4.78, 5) is 28.7. The van der Waals surface area contributed by atoms with E-state index in [0.717, 1.165) is 6.07 Å². The van der Waals surface area contributed by atoms with Gasteiger partial charge in [-0.2, -0.15) is 0 Å². The fraction of sp³-hybridized carbons (Fsp3) is 0. The number of nitro groups is 3. The molecular formula is C6H4BiN3O6. The summed E-state index contributed by atoms with van der Waals surface area (Å²) >= 11 is -0.0232. The zero-order valence-electron chi connectivity index (χ0n) is 7.52. The molecule has 0 radical (unpaired) electrons. The fourth-order valence-electron chi connectivity index (χ4n) is 1.10. The Morgan fingerprint density at radius 2 is 1.38 bits per heavy atom. The van der Waals surface area contributed by atoms with Crippen molar-refractivity contribution in [1.29, 1.82) is 0 Å². The summed E-state index contributed by atoms with van der Waals surface area (Å²) in [5.74, 6) is 0. The van der Waals surface area contributed by atoms with Crippen LogP contribution in [0.2, 0.25) is 0 Å². The molecule has 10 heteroatoms. The van der Waals surface area contributed by atoms with E-state index in [0.29, 0.717) is 0 Å². The van der Waals surface area contributed by atoms with E-state index < -0.39 is 31.8 Å². The molecule has 0 saturated heterocycles. The van der Waals surface area contributed by atoms with Gasteiger partial charge < -0.3 is 0 Å². The molecule has 0 aliphatic heterocycles. The van der Waals surface area contributed by atoms with Gasteiger partial charge >= 0.3 is 102 Å². The molecule has 0 bridgehead atoms. The molecular weight excluding hydrogens is 419 g/mol. The monoisotopic (exact) mass is 423 g/mol. The molecule has 0 atom stereocenters. The molecule has 0 aromatic heterocycles. The summed E-state index contributed by atoms with van der Waals surface area (Å²) in [6.07, 6.45) is 0. The van der Waals surface area contributed by atoms with Gasteiger partial charge in [0.05, 0.1) is 0 Å². The second-order valence-corrected chi connectivity index (χ2v) is 5.06. The van der Waals surface area contributed by atoms with E-state index in [1.165, 1.54) is 6.07 Å². The molecule has 84 valence electrons. The van der Waals surface area contributed by atoms with E-state index in [4.69, 9.17) is 0 Å². The predicted molar refractivity (Wildman–Crippen MR) is 54.6 cm³/mol. The first-order chi connectivity index (χ1) is 7.36. The zero-order chi connectivity index (χ0) is 12.5. The van der Waals surface area contributed by atoms with E-state index in [1.807, 2.05) is 0 Å². The van der Waals surface area contributed by atoms with Crippen molar-refractivity contribution >= 4 is 45.1 Å². The Labute approximate surface area is 102 Å². The number of rotatable bonds is 3. The molecule has 0 spiro atoms. The molecule has 0 unspecified atom stereocenters. The topological polar surface area (TPSA) is 129 Å². The van der Waals surface area contributed by atoms with Crippen molar-refractivity contribution in [2.45, 2.75) is 0 Å². The van der Waals surface area contributed by atoms with Crippen molar-refractivity contribution in [3.8, 4) is 0 Å². The molecule has 9 nitrogen and oxygen atoms in total. The Morgan fingerprint density at radius 3 is 1.75 bits per heavy atom. The van der Waals surface area contributed by atoms with Crippen molar-refractivity contribution in [2.75, 3.05) is 0 Å². The van der Waals surface area contributed by atoms with Gasteiger partial charge in [-0.3, -0.25) is 0 Å². The van der Waals surface area contributed by atoms with E-state index in [-0.39, 0.29) is 28.0 Å². The van der Waals surface area contributed by atoms with E-state index in [2.05, 4.69) is 0 Å². The molecule has 0 amide bonds. The Balaban J connectivity index is 3.70. The molecule has 0 fully saturated rings. The van der Waals surface area contributed by atoms with Gasteiger partial charge in [0.1, 0.15) is 0 Å². The first-order valence-electron chi connectivity index (χ1n) is 3.72. The SMILES string of the molecule is O=[N+]([O-])c1cc[c]([BiH2])c([N+](=O)[O-])c1[N+](=O)[O-]. The van der Waals surface area contributed by atoms with Crippen LogP contribution in [0, 0.1) is 30.3 Å². The van der Waals surface area contributed by atoms with Crippen LogP contribution in [-0.2, 0) is 0 Å². The van der Waals surface area contributed by atoms with Crippen LogP contribution >= 0.6 is 0 Å². The Hall–Kier alpha value is -1.70. The molecule has 0 saturated carbocycles. The van der Waals surface area contributed by atoms with Gasteiger partial charge in [0.15, 0.2) is 0 Å². The van der Waals surface area contributed by atoms with Gasteiger partial charge in [0.2, 0.25) is 0 Å². The Kier molecular flexibility index (Phi) is 3.43. The van der Waals surface area contributed by atoms with Crippen LogP contribution in [-0.4, -0.2) is 39.5 Å². The van der Waals surface area contributed by atoms with E-state index in [9.17, 15) is 30.3 Å². The summed E-state index contributed by atoms with van der Waals surface area (Å²) in [6, 6.07) is 2.09. The molecule has 1 aromatic rings. The maximum absolute atomic E-state index is 10.6. The van der Waals surface area contributed by atoms with Crippen LogP contribution in [0.25, 0.3) is 0 Å². The summed E-state index contributed by atoms with van der Waals surface area (Å²) in [5, 5.41) is 31.8. The van der Waals surface area contributed by atoms with Crippen molar-refractivity contribution < 1.29 is 14.8 Å². The third kappa shape index (κ3) is 2.11. The van der Waals surface area contributed by atoms with Crippen LogP contribution in [0.4, 0.5) is 17.1 Å². The second-order valence-electron chi connectivity index (χ2n) is 2.64. The molecule has 16 heavy (non-hydrogen) atoms. The zero-order valence-corrected chi connectivity index (χ0v) is 12.0. The van der Waals surface area contributed by atoms with Gasteiger partial charge in [-0.05, 0) is 0 Å². The van der Waals surface area contributed by atoms with Crippen molar-refractivity contribution in [3.05, 3.63) is 42.5 Å². The molecule has 0 aliphatic rings. The van der Waals surface area contributed by atoms with Gasteiger partial charge in [0, 0.05) is 0 Å². The van der Waals surface area contributed by atoms with Crippen molar-refractivity contribution in [3.63, 3.8) is 0 Å². The first-order valence-corrected chi connectivity index (χ1v) is 5.96. The van der Waals surface area contributed by atoms with Crippen molar-refractivity contribution in [2.24, 2.45) is 0 Å². The standard InChI is InChI=1S/C6H2N3O6.Bi.2H/c10-7(11)4-2-1-3-5(8(12)13)6(4)9(14)15;;;/h1-2H;;;. The second kappa shape index (κ2) is 4.44. The van der Waals surface area contributed by atoms with Crippen molar-refractivity contribution in [1.82, 2.24) is 0 Å². The number of benzene rings is 1. The number of hydrogen-bond donors (Lipinski definition) is 0. The quantitative estimate of drug-likeness (QED) is 0.372. The number of nitrogens with zero attached hydrogens (tertiary/aromatic N) is 3. The maximum atomic E-state index is 10.6. The normalized spacial score (nSPS) is 9.81. The summed E-state index contributed by atoms with van der Waals surface area (Å²) in [5.41, 5.74) is -2.68. The minimum absolute atomic E-state index is 0.0232. The van der Waals surface area contributed by atoms with Gasteiger partial charge in [-0.15, -0.1) is 0 Å². The fourth-order valence-corrected chi connectivity index (χ4v) is 2.42. The number of hydrogen-bond acceptors (Lipinski definition) is 6. The van der Waals surface area contributed by atoms with E-state index in [1.54, 1.807) is 0 Å². The molecule has 0 heterocycles. The Bertz CT molecular complexity index is 501. The van der Waals surface area contributed by atoms with Gasteiger partial charge in [-0.1, -0.05) is 0 Å².